The molecule has 1 saturated heterocycles. The number of nitrogens with two attached hydrogens (primary N) is 1. The number of rotatable bonds is 6. The normalized spacial score (nSPS) is 19.8. The van der Waals surface area contributed by atoms with Crippen molar-refractivity contribution in [3.05, 3.63) is 39.9 Å². The number of anilines is 1. The van der Waals surface area contributed by atoms with Gasteiger partial charge in [-0.25, -0.2) is 18.5 Å². The van der Waals surface area contributed by atoms with Gasteiger partial charge in [0.1, 0.15) is 17.3 Å². The van der Waals surface area contributed by atoms with Crippen LogP contribution in [0.15, 0.2) is 27.3 Å². The van der Waals surface area contributed by atoms with E-state index in [0.29, 0.717) is 23.4 Å². The monoisotopic (exact) mass is 454 g/mol. The summed E-state index contributed by atoms with van der Waals surface area (Å²) in [7, 11) is -1.99. The van der Waals surface area contributed by atoms with Crippen molar-refractivity contribution in [3.8, 4) is 0 Å². The molecule has 9 nitrogen and oxygen atoms in total. The number of hydrogen-bond donors (Lipinski definition) is 5. The lowest BCUT2D eigenvalue weighted by molar-refractivity contribution is 0.129. The number of ether oxygens (including phenoxy) is 1. The molecule has 1 heterocycles. The molecule has 6 N–H and O–H groups in total. The largest absolute Gasteiger partial charge is 0.477 e. The minimum atomic E-state index is -3.77. The Balaban J connectivity index is 2.42. The molecule has 1 aromatic carbocycles. The predicted octanol–water partition coefficient (Wildman–Crippen LogP) is 2.97. The average Bonchev–Trinajstić information content (AvgIpc) is 2.69. The molecule has 2 amide bonds. The zero-order valence-electron chi connectivity index (χ0n) is 18.4. The van der Waals surface area contributed by atoms with Gasteiger partial charge in [0.05, 0.1) is 6.04 Å². The summed E-state index contributed by atoms with van der Waals surface area (Å²) < 4.78 is 36.2. The van der Waals surface area contributed by atoms with E-state index in [4.69, 9.17) is 15.3 Å². The van der Waals surface area contributed by atoms with Gasteiger partial charge in [0.25, 0.3) is 0 Å². The quantitative estimate of drug-likeness (QED) is 0.420. The van der Waals surface area contributed by atoms with Crippen LogP contribution in [0.2, 0.25) is 0 Å². The van der Waals surface area contributed by atoms with Gasteiger partial charge in [0, 0.05) is 18.4 Å². The van der Waals surface area contributed by atoms with Gasteiger partial charge in [-0.3, -0.25) is 0 Å². The van der Waals surface area contributed by atoms with Crippen molar-refractivity contribution in [3.63, 3.8) is 0 Å². The second kappa shape index (κ2) is 10.2. The van der Waals surface area contributed by atoms with Crippen LogP contribution < -0.4 is 21.1 Å². The summed E-state index contributed by atoms with van der Waals surface area (Å²) in [6, 6.07) is 1.79. The first-order chi connectivity index (χ1) is 14.5. The van der Waals surface area contributed by atoms with Crippen molar-refractivity contribution in [2.24, 2.45) is 9.50 Å². The summed E-state index contributed by atoms with van der Waals surface area (Å²) in [4.78, 5) is 12.4. The van der Waals surface area contributed by atoms with Crippen LogP contribution in [-0.2, 0) is 14.7 Å². The first-order valence-corrected chi connectivity index (χ1v) is 11.6. The van der Waals surface area contributed by atoms with Crippen molar-refractivity contribution in [1.29, 1.82) is 5.41 Å². The number of hydrogen-bond acceptors (Lipinski definition) is 6. The minimum Gasteiger partial charge on any atom is -0.477 e. The van der Waals surface area contributed by atoms with Crippen molar-refractivity contribution >= 4 is 27.8 Å². The Morgan fingerprint density at radius 3 is 2.35 bits per heavy atom. The molecule has 1 unspecified atom stereocenters. The molecule has 172 valence electrons. The fourth-order valence-corrected chi connectivity index (χ4v) is 4.10. The number of amides is 2. The summed E-state index contributed by atoms with van der Waals surface area (Å²) in [5.74, 6) is -0.505. The third-order valence-electron chi connectivity index (χ3n) is 4.87. The standard InChI is InChI=1S/C20H31FN6O3S/c1-11(2)15-6-13(21)7-16(12(3)4)18(15)26-20(28)27-31(23,29)17(8-22)19-25-9-14(24-5)10-30-19/h6-8,11-12,14,22,24-25H,9-10H2,1-5H3,(H3,23,26,27,28,29)/b19-17-,22-8?/t14-,31?/m0/s1. The molecule has 1 aliphatic rings. The maximum atomic E-state index is 14.1. The van der Waals surface area contributed by atoms with Crippen LogP contribution in [0.3, 0.4) is 0 Å². The lowest BCUT2D eigenvalue weighted by Crippen LogP contribution is -2.45. The predicted molar refractivity (Wildman–Crippen MR) is 121 cm³/mol. The van der Waals surface area contributed by atoms with E-state index in [0.717, 1.165) is 6.21 Å². The van der Waals surface area contributed by atoms with Crippen molar-refractivity contribution in [2.75, 3.05) is 25.5 Å². The number of urea groups is 1. The molecule has 0 radical (unpaired) electrons. The number of carbonyl (C=O) groups excluding carboxylic acids is 1. The summed E-state index contributed by atoms with van der Waals surface area (Å²) in [6.07, 6.45) is 0.762. The van der Waals surface area contributed by atoms with Crippen molar-refractivity contribution in [1.82, 2.24) is 10.6 Å². The fourth-order valence-electron chi connectivity index (χ4n) is 3.14. The molecule has 0 aromatic heterocycles. The fraction of sp³-hybridized carbons (Fsp3) is 0.500. The Kier molecular flexibility index (Phi) is 8.15. The van der Waals surface area contributed by atoms with Crippen LogP contribution in [0, 0.1) is 11.2 Å². The number of halogens is 1. The highest BCUT2D eigenvalue weighted by molar-refractivity contribution is 7.96. The SMILES string of the molecule is CN[C@H]1CN/C(=C(\C=N)S(N)(=O)=NC(=O)Nc2c(C(C)C)cc(F)cc2C(C)C)OC1. The molecule has 0 spiro atoms. The number of benzene rings is 1. The van der Waals surface area contributed by atoms with E-state index in [1.165, 1.54) is 12.1 Å². The second-order valence-electron chi connectivity index (χ2n) is 7.87. The maximum Gasteiger partial charge on any atom is 0.354 e. The number of allylic oxidation sites excluding steroid dienone is 1. The van der Waals surface area contributed by atoms with E-state index in [9.17, 15) is 13.4 Å². The number of likely N-dealkylation sites (N-methyl/N-ethyl adjacent to an activating group) is 1. The molecule has 1 aromatic rings. The Morgan fingerprint density at radius 2 is 1.94 bits per heavy atom. The highest BCUT2D eigenvalue weighted by Crippen LogP contribution is 2.33. The Bertz CT molecular complexity index is 960. The van der Waals surface area contributed by atoms with Crippen molar-refractivity contribution in [2.45, 2.75) is 45.6 Å². The van der Waals surface area contributed by atoms with E-state index >= 15 is 0 Å². The van der Waals surface area contributed by atoms with E-state index in [2.05, 4.69) is 20.3 Å². The van der Waals surface area contributed by atoms with E-state index in [1.807, 2.05) is 27.7 Å². The molecule has 0 saturated carbocycles. The number of nitrogens with one attached hydrogen (secondary N) is 4. The molecule has 2 rings (SSSR count). The van der Waals surface area contributed by atoms with Crippen LogP contribution in [0.1, 0.15) is 50.7 Å². The van der Waals surface area contributed by atoms with E-state index in [1.54, 1.807) is 7.05 Å². The molecule has 1 aliphatic heterocycles. The lowest BCUT2D eigenvalue weighted by Gasteiger charge is -2.27. The highest BCUT2D eigenvalue weighted by Gasteiger charge is 2.24. The summed E-state index contributed by atoms with van der Waals surface area (Å²) in [6.45, 7) is 8.25. The van der Waals surface area contributed by atoms with Gasteiger partial charge in [-0.2, -0.15) is 0 Å². The van der Waals surface area contributed by atoms with Gasteiger partial charge in [-0.15, -0.1) is 4.36 Å². The smallest absolute Gasteiger partial charge is 0.354 e. The van der Waals surface area contributed by atoms with Crippen molar-refractivity contribution < 1.29 is 18.1 Å². The molecule has 11 heteroatoms. The van der Waals surface area contributed by atoms with Gasteiger partial charge in [-0.1, -0.05) is 27.7 Å². The van der Waals surface area contributed by atoms with Crippen LogP contribution in [0.5, 0.6) is 0 Å². The first-order valence-electron chi connectivity index (χ1n) is 9.98. The average molecular weight is 455 g/mol. The lowest BCUT2D eigenvalue weighted by atomic mass is 9.92. The number of nitrogens with zero attached hydrogens (tertiary/aromatic N) is 1. The van der Waals surface area contributed by atoms with Gasteiger partial charge in [0.15, 0.2) is 9.92 Å². The first kappa shape index (κ1) is 24.8. The molecular formula is C20H31FN6O3S. The molecule has 0 bridgehead atoms. The van der Waals surface area contributed by atoms with Crippen LogP contribution in [-0.4, -0.2) is 42.7 Å². The van der Waals surface area contributed by atoms with Crippen LogP contribution in [0.4, 0.5) is 14.9 Å². The zero-order chi connectivity index (χ0) is 23.3. The van der Waals surface area contributed by atoms with Gasteiger partial charge < -0.3 is 26.1 Å². The molecule has 0 aliphatic carbocycles. The van der Waals surface area contributed by atoms with E-state index < -0.39 is 21.8 Å². The molecule has 1 fully saturated rings. The third-order valence-corrected chi connectivity index (χ3v) is 6.25. The highest BCUT2D eigenvalue weighted by atomic mass is 32.2. The van der Waals surface area contributed by atoms with Crippen LogP contribution in [0.25, 0.3) is 0 Å². The topological polar surface area (TPSA) is 142 Å². The zero-order valence-corrected chi connectivity index (χ0v) is 19.2. The Labute approximate surface area is 182 Å². The van der Waals surface area contributed by atoms with Gasteiger partial charge in [-0.05, 0) is 42.1 Å². The minimum absolute atomic E-state index is 0.0344. The number of carbonyl (C=O) groups is 1. The van der Waals surface area contributed by atoms with Crippen LogP contribution >= 0.6 is 0 Å². The Hall–Kier alpha value is -2.50. The second-order valence-corrected chi connectivity index (χ2v) is 9.63. The molecule has 2 atom stereocenters. The Morgan fingerprint density at radius 1 is 1.35 bits per heavy atom. The molecule has 31 heavy (non-hydrogen) atoms. The third kappa shape index (κ3) is 6.02. The molecular weight excluding hydrogens is 423 g/mol. The summed E-state index contributed by atoms with van der Waals surface area (Å²) >= 11 is 0. The van der Waals surface area contributed by atoms with Gasteiger partial charge >= 0.3 is 6.03 Å². The summed E-state index contributed by atoms with van der Waals surface area (Å²) in [5, 5.41) is 22.0. The van der Waals surface area contributed by atoms with Gasteiger partial charge in [0.2, 0.25) is 5.88 Å². The summed E-state index contributed by atoms with van der Waals surface area (Å²) in [5.41, 5.74) is 1.61. The maximum absolute atomic E-state index is 14.1. The van der Waals surface area contributed by atoms with E-state index in [-0.39, 0.29) is 35.3 Å².